The van der Waals surface area contributed by atoms with Gasteiger partial charge >= 0.3 is 0 Å². The number of hydrogen-bond acceptors (Lipinski definition) is 2. The van der Waals surface area contributed by atoms with Crippen molar-refractivity contribution in [3.63, 3.8) is 0 Å². The number of hydrogen-bond donors (Lipinski definition) is 0. The zero-order valence-electron chi connectivity index (χ0n) is 14.7. The molecule has 2 nitrogen and oxygen atoms in total. The monoisotopic (exact) mass is 368 g/mol. The molecule has 134 valence electrons. The number of benzene rings is 3. The van der Waals surface area contributed by atoms with Gasteiger partial charge in [0.2, 0.25) is 0 Å². The van der Waals surface area contributed by atoms with E-state index in [0.29, 0.717) is 0 Å². The van der Waals surface area contributed by atoms with Crippen LogP contribution in [0.25, 0.3) is 44.3 Å². The summed E-state index contributed by atoms with van der Waals surface area (Å²) in [7, 11) is 0. The molecule has 2 heterocycles. The Kier molecular flexibility index (Phi) is 3.83. The topological polar surface area (TPSA) is 25.8 Å². The van der Waals surface area contributed by atoms with Crippen molar-refractivity contribution in [2.75, 3.05) is 0 Å². The molecule has 5 aromatic rings. The van der Waals surface area contributed by atoms with Crippen LogP contribution < -0.4 is 0 Å². The van der Waals surface area contributed by atoms with Gasteiger partial charge in [0.05, 0.1) is 22.4 Å². The summed E-state index contributed by atoms with van der Waals surface area (Å²) in [6, 6.07) is 24.4. The van der Waals surface area contributed by atoms with Crippen molar-refractivity contribution < 1.29 is 8.78 Å². The van der Waals surface area contributed by atoms with Gasteiger partial charge in [-0.15, -0.1) is 0 Å². The van der Waals surface area contributed by atoms with E-state index in [4.69, 9.17) is 9.97 Å². The Hall–Kier alpha value is -3.66. The first-order valence-electron chi connectivity index (χ1n) is 8.90. The van der Waals surface area contributed by atoms with Crippen LogP contribution in [0.2, 0.25) is 0 Å². The number of fused-ring (bicyclic) bond motifs is 3. The van der Waals surface area contributed by atoms with Crippen LogP contribution in [-0.4, -0.2) is 9.97 Å². The van der Waals surface area contributed by atoms with E-state index in [9.17, 15) is 8.78 Å². The minimum Gasteiger partial charge on any atom is -0.245 e. The lowest BCUT2D eigenvalue weighted by molar-refractivity contribution is 0.627. The van der Waals surface area contributed by atoms with E-state index in [1.807, 2.05) is 36.4 Å². The summed E-state index contributed by atoms with van der Waals surface area (Å²) < 4.78 is 26.5. The van der Waals surface area contributed by atoms with Crippen LogP contribution in [0, 0.1) is 11.6 Å². The molecule has 0 fully saturated rings. The Morgan fingerprint density at radius 2 is 0.786 bits per heavy atom. The van der Waals surface area contributed by atoms with Crippen LogP contribution >= 0.6 is 0 Å². The first-order chi connectivity index (χ1) is 13.7. The fourth-order valence-corrected chi connectivity index (χ4v) is 3.33. The fourth-order valence-electron chi connectivity index (χ4n) is 3.33. The van der Waals surface area contributed by atoms with Gasteiger partial charge in [0, 0.05) is 21.9 Å². The summed E-state index contributed by atoms with van der Waals surface area (Å²) in [6.07, 6.45) is 0. The van der Waals surface area contributed by atoms with Crippen molar-refractivity contribution in [1.82, 2.24) is 9.97 Å². The molecule has 0 saturated carbocycles. The van der Waals surface area contributed by atoms with Gasteiger partial charge in [0.1, 0.15) is 11.6 Å². The maximum absolute atomic E-state index is 13.2. The zero-order chi connectivity index (χ0) is 19.1. The molecule has 5 rings (SSSR count). The summed E-state index contributed by atoms with van der Waals surface area (Å²) in [4.78, 5) is 9.61. The molecule has 0 unspecified atom stereocenters. The van der Waals surface area contributed by atoms with Crippen molar-refractivity contribution in [3.05, 3.63) is 96.6 Å². The lowest BCUT2D eigenvalue weighted by Gasteiger charge is -2.08. The Bertz CT molecular complexity index is 1210. The number of rotatable bonds is 2. The summed E-state index contributed by atoms with van der Waals surface area (Å²) in [5, 5.41) is 1.95. The highest BCUT2D eigenvalue weighted by molar-refractivity contribution is 6.04. The molecular weight excluding hydrogens is 354 g/mol. The van der Waals surface area contributed by atoms with Crippen LogP contribution in [0.1, 0.15) is 0 Å². The second-order valence-corrected chi connectivity index (χ2v) is 6.62. The van der Waals surface area contributed by atoms with Gasteiger partial charge in [-0.3, -0.25) is 0 Å². The van der Waals surface area contributed by atoms with Crippen molar-refractivity contribution in [1.29, 1.82) is 0 Å². The first-order valence-corrected chi connectivity index (χ1v) is 8.90. The number of halogens is 2. The van der Waals surface area contributed by atoms with Crippen LogP contribution in [0.5, 0.6) is 0 Å². The average Bonchev–Trinajstić information content (AvgIpc) is 2.74. The van der Waals surface area contributed by atoms with Crippen LogP contribution in [0.15, 0.2) is 84.9 Å². The van der Waals surface area contributed by atoms with Crippen LogP contribution in [0.4, 0.5) is 8.78 Å². The fraction of sp³-hybridized carbons (Fsp3) is 0. The summed E-state index contributed by atoms with van der Waals surface area (Å²) >= 11 is 0. The Morgan fingerprint density at radius 1 is 0.429 bits per heavy atom. The Labute approximate surface area is 160 Å². The molecule has 0 aliphatic carbocycles. The minimum absolute atomic E-state index is 0.277. The minimum atomic E-state index is -0.277. The molecule has 0 saturated heterocycles. The third-order valence-corrected chi connectivity index (χ3v) is 4.80. The van der Waals surface area contributed by atoms with E-state index < -0.39 is 0 Å². The predicted molar refractivity (Wildman–Crippen MR) is 108 cm³/mol. The van der Waals surface area contributed by atoms with Crippen molar-refractivity contribution >= 4 is 21.8 Å². The highest BCUT2D eigenvalue weighted by atomic mass is 19.1. The molecule has 2 aromatic heterocycles. The van der Waals surface area contributed by atoms with Gasteiger partial charge in [-0.2, -0.15) is 0 Å². The zero-order valence-corrected chi connectivity index (χ0v) is 14.7. The largest absolute Gasteiger partial charge is 0.245 e. The smallest absolute Gasteiger partial charge is 0.123 e. The first kappa shape index (κ1) is 16.5. The van der Waals surface area contributed by atoms with E-state index in [2.05, 4.69) is 0 Å². The lowest BCUT2D eigenvalue weighted by Crippen LogP contribution is -1.91. The molecule has 0 atom stereocenters. The van der Waals surface area contributed by atoms with E-state index in [1.165, 1.54) is 24.3 Å². The molecule has 0 aliphatic heterocycles. The number of nitrogens with zero attached hydrogens (tertiary/aromatic N) is 2. The molecule has 0 spiro atoms. The van der Waals surface area contributed by atoms with Gasteiger partial charge in [0.25, 0.3) is 0 Å². The molecule has 28 heavy (non-hydrogen) atoms. The molecule has 0 radical (unpaired) electrons. The molecule has 0 bridgehead atoms. The van der Waals surface area contributed by atoms with Gasteiger partial charge in [-0.1, -0.05) is 24.3 Å². The molecule has 4 heteroatoms. The van der Waals surface area contributed by atoms with Crippen LogP contribution in [-0.2, 0) is 0 Å². The Balaban J connectivity index is 1.72. The van der Waals surface area contributed by atoms with Gasteiger partial charge < -0.3 is 0 Å². The molecule has 0 amide bonds. The highest BCUT2D eigenvalue weighted by Crippen LogP contribution is 2.28. The quantitative estimate of drug-likeness (QED) is 0.337. The van der Waals surface area contributed by atoms with E-state index in [0.717, 1.165) is 44.3 Å². The molecule has 0 aliphatic rings. The van der Waals surface area contributed by atoms with Gasteiger partial charge in [0.15, 0.2) is 0 Å². The van der Waals surface area contributed by atoms with E-state index in [-0.39, 0.29) is 11.6 Å². The third-order valence-electron chi connectivity index (χ3n) is 4.80. The average molecular weight is 368 g/mol. The predicted octanol–water partition coefficient (Wildman–Crippen LogP) is 6.40. The van der Waals surface area contributed by atoms with Crippen molar-refractivity contribution in [2.24, 2.45) is 0 Å². The van der Waals surface area contributed by atoms with E-state index >= 15 is 0 Å². The second kappa shape index (κ2) is 6.50. The second-order valence-electron chi connectivity index (χ2n) is 6.62. The lowest BCUT2D eigenvalue weighted by atomic mass is 10.1. The summed E-state index contributed by atoms with van der Waals surface area (Å²) in [5.74, 6) is -0.554. The summed E-state index contributed by atoms with van der Waals surface area (Å²) in [5.41, 5.74) is 4.76. The van der Waals surface area contributed by atoms with Gasteiger partial charge in [-0.05, 0) is 60.7 Å². The SMILES string of the molecule is Fc1ccc(-c2ccc3ccc4ccc(-c5ccc(F)cc5)nc4c3n2)cc1. The highest BCUT2D eigenvalue weighted by Gasteiger charge is 2.09. The van der Waals surface area contributed by atoms with Crippen molar-refractivity contribution in [2.45, 2.75) is 0 Å². The van der Waals surface area contributed by atoms with Crippen molar-refractivity contribution in [3.8, 4) is 22.5 Å². The molecule has 3 aromatic carbocycles. The third kappa shape index (κ3) is 2.89. The normalized spacial score (nSPS) is 11.2. The van der Waals surface area contributed by atoms with Gasteiger partial charge in [-0.25, -0.2) is 18.7 Å². The standard InChI is InChI=1S/C24H14F2N2/c25-19-9-3-15(4-10-19)21-13-7-17-1-2-18-8-14-22(28-24(18)23(17)27-21)16-5-11-20(26)12-6-16/h1-14H. The van der Waals surface area contributed by atoms with E-state index in [1.54, 1.807) is 24.3 Å². The summed E-state index contributed by atoms with van der Waals surface area (Å²) in [6.45, 7) is 0. The molecule has 0 N–H and O–H groups in total. The number of aromatic nitrogens is 2. The Morgan fingerprint density at radius 3 is 1.18 bits per heavy atom. The molecular formula is C24H14F2N2. The maximum Gasteiger partial charge on any atom is 0.123 e. The number of pyridine rings is 2. The maximum atomic E-state index is 13.2. The van der Waals surface area contributed by atoms with Crippen LogP contribution in [0.3, 0.4) is 0 Å².